The van der Waals surface area contributed by atoms with Crippen LogP contribution in [0.25, 0.3) is 0 Å². The van der Waals surface area contributed by atoms with Gasteiger partial charge in [-0.1, -0.05) is 0 Å². The van der Waals surface area contributed by atoms with Gasteiger partial charge in [0, 0.05) is 16.8 Å². The van der Waals surface area contributed by atoms with Gasteiger partial charge in [0.15, 0.2) is 0 Å². The highest BCUT2D eigenvalue weighted by atomic mass is 16.8. The Hall–Kier alpha value is -1.30. The first-order valence-corrected chi connectivity index (χ1v) is 6.98. The summed E-state index contributed by atoms with van der Waals surface area (Å²) in [6, 6.07) is 7.38. The summed E-state index contributed by atoms with van der Waals surface area (Å²) in [7, 11) is 0. The van der Waals surface area contributed by atoms with E-state index in [1.807, 2.05) is 29.3 Å². The van der Waals surface area contributed by atoms with Gasteiger partial charge in [0.25, 0.3) is 0 Å². The van der Waals surface area contributed by atoms with Crippen molar-refractivity contribution in [3.63, 3.8) is 0 Å². The predicted octanol–water partition coefficient (Wildman–Crippen LogP) is 2.54. The van der Waals surface area contributed by atoms with E-state index < -0.39 is 0 Å². The minimum atomic E-state index is -0.295. The van der Waals surface area contributed by atoms with Gasteiger partial charge in [0.2, 0.25) is 0 Å². The Kier molecular flexibility index (Phi) is 3.95. The Morgan fingerprint density at radius 2 is 1.65 bits per heavy atom. The van der Waals surface area contributed by atoms with Gasteiger partial charge in [-0.25, -0.2) is 5.48 Å². The number of aliphatic hydroxyl groups excluding tert-OH is 1. The first-order chi connectivity index (χ1) is 9.21. The van der Waals surface area contributed by atoms with Crippen molar-refractivity contribution in [1.29, 1.82) is 0 Å². The second-order valence-electron chi connectivity index (χ2n) is 6.80. The minimum Gasteiger partial charge on any atom is -0.399 e. The lowest BCUT2D eigenvalue weighted by Crippen LogP contribution is -2.62. The lowest BCUT2D eigenvalue weighted by molar-refractivity contribution is -0.276. The van der Waals surface area contributed by atoms with Crippen molar-refractivity contribution in [1.82, 2.24) is 5.06 Å². The van der Waals surface area contributed by atoms with Gasteiger partial charge in [-0.2, -0.15) is 10.0 Å². The second kappa shape index (κ2) is 5.24. The van der Waals surface area contributed by atoms with Crippen LogP contribution in [0.1, 0.15) is 40.5 Å². The summed E-state index contributed by atoms with van der Waals surface area (Å²) in [5.41, 5.74) is 9.68. The third-order valence-electron chi connectivity index (χ3n) is 3.74. The summed E-state index contributed by atoms with van der Waals surface area (Å²) in [5, 5.41) is 11.9. The quantitative estimate of drug-likeness (QED) is 0.586. The van der Waals surface area contributed by atoms with Crippen LogP contribution in [0.4, 0.5) is 11.4 Å². The van der Waals surface area contributed by atoms with Crippen molar-refractivity contribution in [2.45, 2.75) is 57.7 Å². The maximum absolute atomic E-state index is 10.00. The highest BCUT2D eigenvalue weighted by Gasteiger charge is 2.46. The van der Waals surface area contributed by atoms with Crippen LogP contribution in [0.5, 0.6) is 0 Å². The molecular weight excluding hydrogens is 254 g/mol. The molecule has 5 heteroatoms. The molecule has 1 aliphatic rings. The van der Waals surface area contributed by atoms with E-state index in [0.29, 0.717) is 12.8 Å². The summed E-state index contributed by atoms with van der Waals surface area (Å²) in [6.07, 6.45) is 1.07. The number of rotatable bonds is 3. The number of nitrogen functional groups attached to an aromatic ring is 1. The molecule has 4 N–H and O–H groups in total. The highest BCUT2D eigenvalue weighted by Crippen LogP contribution is 2.38. The number of piperidine rings is 1. The smallest absolute Gasteiger partial charge is 0.0625 e. The molecule has 0 aliphatic carbocycles. The Bertz CT molecular complexity index is 439. The number of aliphatic hydroxyl groups is 1. The van der Waals surface area contributed by atoms with E-state index in [9.17, 15) is 5.11 Å². The Morgan fingerprint density at radius 3 is 2.15 bits per heavy atom. The number of anilines is 2. The van der Waals surface area contributed by atoms with E-state index in [0.717, 1.165) is 11.4 Å². The summed E-state index contributed by atoms with van der Waals surface area (Å²) in [5.74, 6) is 0. The molecule has 0 spiro atoms. The molecule has 1 aliphatic heterocycles. The molecule has 0 bridgehead atoms. The Morgan fingerprint density at radius 1 is 1.15 bits per heavy atom. The SMILES string of the molecule is CC1(C)CC(O)CC(C)(C)N1ONc1ccc(N)cc1. The topological polar surface area (TPSA) is 70.8 Å². The zero-order valence-electron chi connectivity index (χ0n) is 12.7. The van der Waals surface area contributed by atoms with E-state index in [-0.39, 0.29) is 17.2 Å². The van der Waals surface area contributed by atoms with Crippen molar-refractivity contribution >= 4 is 11.4 Å². The maximum Gasteiger partial charge on any atom is 0.0625 e. The number of hydrogen-bond donors (Lipinski definition) is 3. The van der Waals surface area contributed by atoms with Gasteiger partial charge in [-0.3, -0.25) is 0 Å². The van der Waals surface area contributed by atoms with Crippen LogP contribution >= 0.6 is 0 Å². The van der Waals surface area contributed by atoms with Crippen molar-refractivity contribution in [2.75, 3.05) is 11.2 Å². The van der Waals surface area contributed by atoms with Gasteiger partial charge in [-0.05, 0) is 64.8 Å². The van der Waals surface area contributed by atoms with Gasteiger partial charge in [-0.15, -0.1) is 0 Å². The molecule has 1 saturated heterocycles. The molecule has 112 valence electrons. The molecular formula is C15H25N3O2. The molecule has 1 heterocycles. The number of benzene rings is 1. The van der Waals surface area contributed by atoms with Gasteiger partial charge < -0.3 is 10.8 Å². The molecule has 20 heavy (non-hydrogen) atoms. The van der Waals surface area contributed by atoms with E-state index in [1.54, 1.807) is 0 Å². The number of nitrogens with zero attached hydrogens (tertiary/aromatic N) is 1. The normalized spacial score (nSPS) is 22.6. The lowest BCUT2D eigenvalue weighted by Gasteiger charge is -2.51. The largest absolute Gasteiger partial charge is 0.399 e. The molecule has 0 aromatic heterocycles. The second-order valence-corrected chi connectivity index (χ2v) is 6.80. The third kappa shape index (κ3) is 3.23. The summed E-state index contributed by atoms with van der Waals surface area (Å²) >= 11 is 0. The maximum atomic E-state index is 10.00. The molecule has 5 nitrogen and oxygen atoms in total. The molecule has 0 amide bonds. The standard InChI is InChI=1S/C15H25N3O2/c1-14(2)9-13(19)10-15(3,4)18(14)20-17-12-7-5-11(16)6-8-12/h5-8,13,17,19H,9-10,16H2,1-4H3. The number of nitrogens with two attached hydrogens (primary N) is 1. The highest BCUT2D eigenvalue weighted by molar-refractivity contribution is 5.49. The van der Waals surface area contributed by atoms with Crippen molar-refractivity contribution in [3.05, 3.63) is 24.3 Å². The molecule has 1 aromatic carbocycles. The van der Waals surface area contributed by atoms with Crippen molar-refractivity contribution < 1.29 is 10.0 Å². The number of nitrogens with one attached hydrogen (secondary N) is 1. The number of hydroxylamine groups is 2. The molecule has 0 radical (unpaired) electrons. The zero-order chi connectivity index (χ0) is 15.0. The zero-order valence-corrected chi connectivity index (χ0v) is 12.7. The lowest BCUT2D eigenvalue weighted by atomic mass is 9.80. The van der Waals surface area contributed by atoms with Crippen LogP contribution in [0.2, 0.25) is 0 Å². The summed E-state index contributed by atoms with van der Waals surface area (Å²) < 4.78 is 0. The van der Waals surface area contributed by atoms with E-state index in [4.69, 9.17) is 10.7 Å². The van der Waals surface area contributed by atoms with Gasteiger partial charge >= 0.3 is 0 Å². The fourth-order valence-electron chi connectivity index (χ4n) is 3.11. The van der Waals surface area contributed by atoms with E-state index in [1.165, 1.54) is 0 Å². The van der Waals surface area contributed by atoms with E-state index in [2.05, 4.69) is 33.2 Å². The summed E-state index contributed by atoms with van der Waals surface area (Å²) in [6.45, 7) is 8.28. The van der Waals surface area contributed by atoms with Crippen molar-refractivity contribution in [3.8, 4) is 0 Å². The molecule has 2 rings (SSSR count). The molecule has 0 unspecified atom stereocenters. The Labute approximate surface area is 120 Å². The average molecular weight is 279 g/mol. The van der Waals surface area contributed by atoms with Gasteiger partial charge in [0.05, 0.1) is 11.8 Å². The van der Waals surface area contributed by atoms with E-state index >= 15 is 0 Å². The molecule has 0 atom stereocenters. The van der Waals surface area contributed by atoms with Crippen LogP contribution in [-0.2, 0) is 4.94 Å². The predicted molar refractivity (Wildman–Crippen MR) is 80.8 cm³/mol. The first-order valence-electron chi connectivity index (χ1n) is 6.98. The van der Waals surface area contributed by atoms with Crippen LogP contribution < -0.4 is 11.2 Å². The first kappa shape index (κ1) is 15.1. The third-order valence-corrected chi connectivity index (χ3v) is 3.74. The number of hydrogen-bond acceptors (Lipinski definition) is 5. The average Bonchev–Trinajstić information content (AvgIpc) is 2.28. The van der Waals surface area contributed by atoms with Crippen LogP contribution in [0.3, 0.4) is 0 Å². The van der Waals surface area contributed by atoms with Crippen LogP contribution in [-0.4, -0.2) is 27.4 Å². The monoisotopic (exact) mass is 279 g/mol. The Balaban J connectivity index is 2.08. The molecule has 1 aromatic rings. The van der Waals surface area contributed by atoms with Crippen LogP contribution in [0, 0.1) is 0 Å². The van der Waals surface area contributed by atoms with Crippen molar-refractivity contribution in [2.24, 2.45) is 0 Å². The fourth-order valence-corrected chi connectivity index (χ4v) is 3.11. The van der Waals surface area contributed by atoms with Gasteiger partial charge in [0.1, 0.15) is 0 Å². The summed E-state index contributed by atoms with van der Waals surface area (Å²) in [4.78, 5) is 5.82. The molecule has 1 fully saturated rings. The molecule has 0 saturated carbocycles. The fraction of sp³-hybridized carbons (Fsp3) is 0.600. The van der Waals surface area contributed by atoms with Crippen LogP contribution in [0.15, 0.2) is 24.3 Å². The minimum absolute atomic E-state index is 0.248.